The maximum Gasteiger partial charge on any atom is 0.156 e. The zero-order valence-corrected chi connectivity index (χ0v) is 11.9. The summed E-state index contributed by atoms with van der Waals surface area (Å²) in [5, 5.41) is 1.31. The monoisotopic (exact) mass is 282 g/mol. The lowest BCUT2D eigenvalue weighted by Crippen LogP contribution is -2.15. The summed E-state index contributed by atoms with van der Waals surface area (Å²) < 4.78 is 2.09. The second-order valence-electron chi connectivity index (χ2n) is 5.10. The molecule has 2 aromatic rings. The summed E-state index contributed by atoms with van der Waals surface area (Å²) in [6.07, 6.45) is 7.88. The number of hydrogen-bond donors (Lipinski definition) is 0. The molecular formula is C14H16Cl2N2. The highest BCUT2D eigenvalue weighted by Gasteiger charge is 2.23. The van der Waals surface area contributed by atoms with Gasteiger partial charge in [-0.1, -0.05) is 43.0 Å². The van der Waals surface area contributed by atoms with Gasteiger partial charge in [0.2, 0.25) is 0 Å². The summed E-state index contributed by atoms with van der Waals surface area (Å²) in [6.45, 7) is 2.25. The highest BCUT2D eigenvalue weighted by Crippen LogP contribution is 2.31. The first-order chi connectivity index (χ1) is 8.69. The largest absolute Gasteiger partial charge is 0.301 e. The smallest absolute Gasteiger partial charge is 0.156 e. The van der Waals surface area contributed by atoms with Gasteiger partial charge < -0.3 is 4.40 Å². The fourth-order valence-corrected chi connectivity index (χ4v) is 3.47. The van der Waals surface area contributed by atoms with Gasteiger partial charge in [0, 0.05) is 11.9 Å². The minimum atomic E-state index is 0.643. The molecule has 96 valence electrons. The fraction of sp³-hybridized carbons (Fsp3) is 0.500. The Morgan fingerprint density at radius 2 is 2.28 bits per heavy atom. The van der Waals surface area contributed by atoms with Crippen LogP contribution in [0.15, 0.2) is 12.3 Å². The highest BCUT2D eigenvalue weighted by atomic mass is 35.5. The molecule has 18 heavy (non-hydrogen) atoms. The van der Waals surface area contributed by atoms with Crippen molar-refractivity contribution in [3.8, 4) is 0 Å². The first kappa shape index (κ1) is 12.3. The van der Waals surface area contributed by atoms with Crippen LogP contribution in [0.25, 0.3) is 5.65 Å². The predicted molar refractivity (Wildman–Crippen MR) is 75.6 cm³/mol. The SMILES string of the molecule is CCCC1CCc2nc3c(Cl)cc(Cl)cn3c2C1. The van der Waals surface area contributed by atoms with Crippen molar-refractivity contribution < 1.29 is 0 Å². The van der Waals surface area contributed by atoms with Gasteiger partial charge in [0.05, 0.1) is 15.7 Å². The molecule has 0 amide bonds. The van der Waals surface area contributed by atoms with E-state index in [0.29, 0.717) is 10.0 Å². The average molecular weight is 283 g/mol. The van der Waals surface area contributed by atoms with Crippen molar-refractivity contribution in [1.82, 2.24) is 9.38 Å². The van der Waals surface area contributed by atoms with E-state index in [9.17, 15) is 0 Å². The Balaban J connectivity index is 2.09. The number of halogens is 2. The van der Waals surface area contributed by atoms with E-state index in [4.69, 9.17) is 23.2 Å². The van der Waals surface area contributed by atoms with Crippen LogP contribution in [0.5, 0.6) is 0 Å². The summed E-state index contributed by atoms with van der Waals surface area (Å²) in [4.78, 5) is 4.66. The zero-order chi connectivity index (χ0) is 12.7. The minimum Gasteiger partial charge on any atom is -0.301 e. The number of nitrogens with zero attached hydrogens (tertiary/aromatic N) is 2. The third-order valence-electron chi connectivity index (χ3n) is 3.79. The lowest BCUT2D eigenvalue weighted by atomic mass is 9.87. The van der Waals surface area contributed by atoms with E-state index in [0.717, 1.165) is 24.4 Å². The molecule has 0 aromatic carbocycles. The molecule has 0 radical (unpaired) electrons. The van der Waals surface area contributed by atoms with Crippen LogP contribution in [0.4, 0.5) is 0 Å². The molecule has 2 aromatic heterocycles. The molecular weight excluding hydrogens is 267 g/mol. The number of aromatic nitrogens is 2. The van der Waals surface area contributed by atoms with Gasteiger partial charge in [-0.05, 0) is 31.2 Å². The third-order valence-corrected chi connectivity index (χ3v) is 4.28. The third kappa shape index (κ3) is 2.02. The number of hydrogen-bond acceptors (Lipinski definition) is 1. The molecule has 0 saturated carbocycles. The van der Waals surface area contributed by atoms with Crippen molar-refractivity contribution in [1.29, 1.82) is 0 Å². The second-order valence-corrected chi connectivity index (χ2v) is 5.95. The molecule has 0 aliphatic heterocycles. The number of aryl methyl sites for hydroxylation is 1. The first-order valence-corrected chi connectivity index (χ1v) is 7.29. The predicted octanol–water partition coefficient (Wildman–Crippen LogP) is 4.55. The molecule has 1 aliphatic carbocycles. The molecule has 4 heteroatoms. The Morgan fingerprint density at radius 3 is 3.06 bits per heavy atom. The van der Waals surface area contributed by atoms with Crippen molar-refractivity contribution in [3.05, 3.63) is 33.7 Å². The van der Waals surface area contributed by atoms with Crippen LogP contribution in [-0.4, -0.2) is 9.38 Å². The van der Waals surface area contributed by atoms with E-state index in [1.54, 1.807) is 6.07 Å². The highest BCUT2D eigenvalue weighted by molar-refractivity contribution is 6.36. The average Bonchev–Trinajstić information content (AvgIpc) is 2.68. The van der Waals surface area contributed by atoms with E-state index in [1.165, 1.54) is 30.7 Å². The van der Waals surface area contributed by atoms with Crippen molar-refractivity contribution >= 4 is 28.8 Å². The standard InChI is InChI=1S/C14H16Cl2N2/c1-2-3-9-4-5-12-13(6-9)18-8-10(15)7-11(16)14(18)17-12/h7-9H,2-6H2,1H3. The molecule has 0 fully saturated rings. The second kappa shape index (κ2) is 4.75. The molecule has 2 heterocycles. The molecule has 2 nitrogen and oxygen atoms in total. The van der Waals surface area contributed by atoms with Crippen LogP contribution in [0, 0.1) is 5.92 Å². The summed E-state index contributed by atoms with van der Waals surface area (Å²) in [5.74, 6) is 0.778. The summed E-state index contributed by atoms with van der Waals surface area (Å²) in [7, 11) is 0. The molecule has 0 spiro atoms. The normalized spacial score (nSPS) is 19.2. The summed E-state index contributed by atoms with van der Waals surface area (Å²) >= 11 is 12.3. The van der Waals surface area contributed by atoms with E-state index in [-0.39, 0.29) is 0 Å². The van der Waals surface area contributed by atoms with Crippen LogP contribution >= 0.6 is 23.2 Å². The Labute approximate surface area is 117 Å². The van der Waals surface area contributed by atoms with E-state index in [1.807, 2.05) is 6.20 Å². The van der Waals surface area contributed by atoms with Crippen LogP contribution in [0.1, 0.15) is 37.6 Å². The molecule has 1 atom stereocenters. The molecule has 0 saturated heterocycles. The summed E-state index contributed by atoms with van der Waals surface area (Å²) in [6, 6.07) is 1.76. The molecule has 0 N–H and O–H groups in total. The van der Waals surface area contributed by atoms with Crippen LogP contribution in [-0.2, 0) is 12.8 Å². The number of fused-ring (bicyclic) bond motifs is 3. The Morgan fingerprint density at radius 1 is 1.44 bits per heavy atom. The summed E-state index contributed by atoms with van der Waals surface area (Å²) in [5.41, 5.74) is 3.36. The lowest BCUT2D eigenvalue weighted by Gasteiger charge is -2.21. The number of rotatable bonds is 2. The van der Waals surface area contributed by atoms with Crippen LogP contribution in [0.3, 0.4) is 0 Å². The Bertz CT molecular complexity index is 589. The molecule has 0 bridgehead atoms. The van der Waals surface area contributed by atoms with Crippen molar-refractivity contribution in [2.45, 2.75) is 39.0 Å². The maximum absolute atomic E-state index is 6.21. The van der Waals surface area contributed by atoms with Crippen LogP contribution in [0.2, 0.25) is 10.0 Å². The number of imidazole rings is 1. The topological polar surface area (TPSA) is 17.3 Å². The molecule has 3 rings (SSSR count). The van der Waals surface area contributed by atoms with Crippen molar-refractivity contribution in [2.24, 2.45) is 5.92 Å². The zero-order valence-electron chi connectivity index (χ0n) is 10.4. The van der Waals surface area contributed by atoms with Gasteiger partial charge >= 0.3 is 0 Å². The first-order valence-electron chi connectivity index (χ1n) is 6.54. The van der Waals surface area contributed by atoms with Gasteiger partial charge in [0.25, 0.3) is 0 Å². The Hall–Kier alpha value is -0.730. The Kier molecular flexibility index (Phi) is 3.25. The van der Waals surface area contributed by atoms with Gasteiger partial charge in [-0.2, -0.15) is 0 Å². The lowest BCUT2D eigenvalue weighted by molar-refractivity contribution is 0.414. The van der Waals surface area contributed by atoms with Gasteiger partial charge in [-0.25, -0.2) is 4.98 Å². The van der Waals surface area contributed by atoms with Crippen molar-refractivity contribution in [3.63, 3.8) is 0 Å². The van der Waals surface area contributed by atoms with Crippen LogP contribution < -0.4 is 0 Å². The number of pyridine rings is 1. The fourth-order valence-electron chi connectivity index (χ4n) is 2.95. The molecule has 1 aliphatic rings. The minimum absolute atomic E-state index is 0.643. The van der Waals surface area contributed by atoms with Crippen molar-refractivity contribution in [2.75, 3.05) is 0 Å². The maximum atomic E-state index is 6.21. The van der Waals surface area contributed by atoms with E-state index >= 15 is 0 Å². The van der Waals surface area contributed by atoms with E-state index < -0.39 is 0 Å². The van der Waals surface area contributed by atoms with Gasteiger partial charge in [0.1, 0.15) is 0 Å². The van der Waals surface area contributed by atoms with Gasteiger partial charge in [-0.3, -0.25) is 0 Å². The van der Waals surface area contributed by atoms with E-state index in [2.05, 4.69) is 16.3 Å². The van der Waals surface area contributed by atoms with Gasteiger partial charge in [0.15, 0.2) is 5.65 Å². The van der Waals surface area contributed by atoms with Gasteiger partial charge in [-0.15, -0.1) is 0 Å². The molecule has 1 unspecified atom stereocenters. The quantitative estimate of drug-likeness (QED) is 0.790.